The van der Waals surface area contributed by atoms with E-state index in [1.54, 1.807) is 18.2 Å². The number of sulfonamides is 1. The molecule has 0 bridgehead atoms. The smallest absolute Gasteiger partial charge is 0.266 e. The topological polar surface area (TPSA) is 137 Å². The van der Waals surface area contributed by atoms with Gasteiger partial charge in [-0.3, -0.25) is 14.4 Å². The summed E-state index contributed by atoms with van der Waals surface area (Å²) in [6, 6.07) is 9.96. The number of rotatable bonds is 9. The van der Waals surface area contributed by atoms with Crippen LogP contribution in [0.1, 0.15) is 18.4 Å². The molecule has 1 fully saturated rings. The molecular weight excluding hydrogens is 472 g/mol. The van der Waals surface area contributed by atoms with Gasteiger partial charge in [0.1, 0.15) is 21.8 Å². The minimum atomic E-state index is -4.00. The maximum atomic E-state index is 13.0. The molecule has 1 aliphatic rings. The molecule has 0 spiro atoms. The SMILES string of the molecule is C=C(C(N)=O)C1CCN(Cc2cc(OC)c3c(NS(=O)(=O)c4ccccc4OC)noc3c2)CC1. The van der Waals surface area contributed by atoms with Crippen molar-refractivity contribution in [3.63, 3.8) is 0 Å². The van der Waals surface area contributed by atoms with Crippen LogP contribution in [0.5, 0.6) is 11.5 Å². The Hall–Kier alpha value is -3.57. The lowest BCUT2D eigenvalue weighted by Gasteiger charge is -2.32. The minimum absolute atomic E-state index is 0.0170. The number of nitrogens with one attached hydrogen (secondary N) is 1. The number of hydrogen-bond donors (Lipinski definition) is 2. The summed E-state index contributed by atoms with van der Waals surface area (Å²) in [5.41, 5.74) is 7.17. The fourth-order valence-electron chi connectivity index (χ4n) is 4.33. The van der Waals surface area contributed by atoms with E-state index < -0.39 is 15.9 Å². The zero-order chi connectivity index (χ0) is 25.2. The van der Waals surface area contributed by atoms with Gasteiger partial charge in [0.2, 0.25) is 5.91 Å². The first-order chi connectivity index (χ1) is 16.7. The van der Waals surface area contributed by atoms with E-state index in [4.69, 9.17) is 19.7 Å². The molecule has 1 aliphatic heterocycles. The summed E-state index contributed by atoms with van der Waals surface area (Å²) in [6.45, 7) is 6.02. The van der Waals surface area contributed by atoms with Crippen molar-refractivity contribution >= 4 is 32.7 Å². The monoisotopic (exact) mass is 500 g/mol. The molecule has 0 unspecified atom stereocenters. The van der Waals surface area contributed by atoms with E-state index in [0.717, 1.165) is 31.5 Å². The van der Waals surface area contributed by atoms with Crippen LogP contribution in [-0.4, -0.2) is 51.7 Å². The number of para-hydroxylation sites is 1. The number of aromatic nitrogens is 1. The molecule has 3 N–H and O–H groups in total. The van der Waals surface area contributed by atoms with Crippen molar-refractivity contribution in [2.24, 2.45) is 11.7 Å². The molecule has 4 rings (SSSR count). The number of nitrogens with zero attached hydrogens (tertiary/aromatic N) is 2. The maximum Gasteiger partial charge on any atom is 0.266 e. The second-order valence-corrected chi connectivity index (χ2v) is 10.0. The van der Waals surface area contributed by atoms with E-state index in [-0.39, 0.29) is 22.4 Å². The lowest BCUT2D eigenvalue weighted by Crippen LogP contribution is -2.35. The van der Waals surface area contributed by atoms with Crippen LogP contribution < -0.4 is 19.9 Å². The Morgan fingerprint density at radius 2 is 1.89 bits per heavy atom. The van der Waals surface area contributed by atoms with Crippen LogP contribution in [0, 0.1) is 5.92 Å². The molecule has 0 saturated carbocycles. The number of benzene rings is 2. The third kappa shape index (κ3) is 5.10. The predicted octanol–water partition coefficient (Wildman–Crippen LogP) is 2.90. The molecule has 11 heteroatoms. The molecule has 3 aromatic rings. The van der Waals surface area contributed by atoms with Crippen LogP contribution in [0.15, 0.2) is 58.0 Å². The molecule has 1 amide bonds. The van der Waals surface area contributed by atoms with Crippen molar-refractivity contribution in [1.29, 1.82) is 0 Å². The number of amides is 1. The van der Waals surface area contributed by atoms with Crippen LogP contribution in [0.3, 0.4) is 0 Å². The van der Waals surface area contributed by atoms with E-state index in [1.807, 2.05) is 12.1 Å². The van der Waals surface area contributed by atoms with Gasteiger partial charge >= 0.3 is 0 Å². The van der Waals surface area contributed by atoms with E-state index >= 15 is 0 Å². The number of hydrogen-bond acceptors (Lipinski definition) is 8. The highest BCUT2D eigenvalue weighted by molar-refractivity contribution is 7.92. The third-order valence-corrected chi connectivity index (χ3v) is 7.59. The van der Waals surface area contributed by atoms with E-state index in [1.165, 1.54) is 20.3 Å². The zero-order valence-electron chi connectivity index (χ0n) is 19.6. The lowest BCUT2D eigenvalue weighted by molar-refractivity contribution is -0.115. The number of anilines is 1. The lowest BCUT2D eigenvalue weighted by atomic mass is 9.89. The van der Waals surface area contributed by atoms with Gasteiger partial charge in [-0.05, 0) is 61.7 Å². The number of fused-ring (bicyclic) bond motifs is 1. The summed E-state index contributed by atoms with van der Waals surface area (Å²) in [6.07, 6.45) is 1.61. The van der Waals surface area contributed by atoms with Gasteiger partial charge in [0, 0.05) is 12.1 Å². The van der Waals surface area contributed by atoms with Crippen LogP contribution in [0.25, 0.3) is 11.0 Å². The first kappa shape index (κ1) is 24.6. The van der Waals surface area contributed by atoms with Crippen LogP contribution >= 0.6 is 0 Å². The Morgan fingerprint density at radius 3 is 2.54 bits per heavy atom. The normalized spacial score (nSPS) is 15.1. The van der Waals surface area contributed by atoms with Crippen LogP contribution in [0.4, 0.5) is 5.82 Å². The van der Waals surface area contributed by atoms with Crippen molar-refractivity contribution < 1.29 is 27.2 Å². The van der Waals surface area contributed by atoms with Gasteiger partial charge in [0.15, 0.2) is 11.4 Å². The summed E-state index contributed by atoms with van der Waals surface area (Å²) < 4.78 is 44.7. The molecule has 0 aliphatic carbocycles. The van der Waals surface area contributed by atoms with Gasteiger partial charge in [-0.15, -0.1) is 0 Å². The van der Waals surface area contributed by atoms with Crippen molar-refractivity contribution in [2.45, 2.75) is 24.3 Å². The molecule has 2 heterocycles. The number of carbonyl (C=O) groups excluding carboxylic acids is 1. The number of piperidine rings is 1. The van der Waals surface area contributed by atoms with Crippen molar-refractivity contribution in [2.75, 3.05) is 32.0 Å². The van der Waals surface area contributed by atoms with E-state index in [0.29, 0.717) is 28.8 Å². The Kier molecular flexibility index (Phi) is 6.99. The molecule has 35 heavy (non-hydrogen) atoms. The fourth-order valence-corrected chi connectivity index (χ4v) is 5.51. The molecule has 0 radical (unpaired) electrons. The second kappa shape index (κ2) is 9.96. The highest BCUT2D eigenvalue weighted by atomic mass is 32.2. The number of likely N-dealkylation sites (tertiary alicyclic amines) is 1. The minimum Gasteiger partial charge on any atom is -0.496 e. The maximum absolute atomic E-state index is 13.0. The van der Waals surface area contributed by atoms with E-state index in [9.17, 15) is 13.2 Å². The quantitative estimate of drug-likeness (QED) is 0.428. The summed E-state index contributed by atoms with van der Waals surface area (Å²) in [4.78, 5) is 13.6. The van der Waals surface area contributed by atoms with Gasteiger partial charge in [0.05, 0.1) is 14.2 Å². The van der Waals surface area contributed by atoms with Crippen molar-refractivity contribution in [3.8, 4) is 11.5 Å². The highest BCUT2D eigenvalue weighted by Crippen LogP contribution is 2.36. The first-order valence-electron chi connectivity index (χ1n) is 11.1. The Balaban J connectivity index is 1.55. The average Bonchev–Trinajstić information content (AvgIpc) is 3.25. The highest BCUT2D eigenvalue weighted by Gasteiger charge is 2.26. The average molecular weight is 501 g/mol. The van der Waals surface area contributed by atoms with Crippen molar-refractivity contribution in [1.82, 2.24) is 10.1 Å². The standard InChI is InChI=1S/C24H28N4O6S/c1-15(23(25)29)17-8-10-28(11-9-17)14-16-12-19(33-3)22-20(13-16)34-26-24(22)27-35(30,31)21-7-5-4-6-18(21)32-2/h4-7,12-13,17H,1,8-11,14H2,2-3H3,(H2,25,29)(H,26,27). The van der Waals surface area contributed by atoms with Gasteiger partial charge in [-0.2, -0.15) is 0 Å². The number of primary amides is 1. The van der Waals surface area contributed by atoms with Crippen molar-refractivity contribution in [3.05, 3.63) is 54.1 Å². The number of carbonyl (C=O) groups is 1. The van der Waals surface area contributed by atoms with Gasteiger partial charge < -0.3 is 19.7 Å². The summed E-state index contributed by atoms with van der Waals surface area (Å²) in [7, 11) is -1.09. The number of methoxy groups -OCH3 is 2. The predicted molar refractivity (Wildman–Crippen MR) is 131 cm³/mol. The summed E-state index contributed by atoms with van der Waals surface area (Å²) in [5, 5.41) is 4.37. The molecule has 0 atom stereocenters. The Morgan fingerprint density at radius 1 is 1.20 bits per heavy atom. The Bertz CT molecular complexity index is 1360. The van der Waals surface area contributed by atoms with Gasteiger partial charge in [-0.25, -0.2) is 8.42 Å². The third-order valence-electron chi connectivity index (χ3n) is 6.21. The summed E-state index contributed by atoms with van der Waals surface area (Å²) in [5.74, 6) is 0.341. The molecule has 1 aromatic heterocycles. The van der Waals surface area contributed by atoms with E-state index in [2.05, 4.69) is 21.4 Å². The van der Waals surface area contributed by atoms with Crippen LogP contribution in [-0.2, 0) is 21.4 Å². The second-order valence-electron chi connectivity index (χ2n) is 8.40. The largest absolute Gasteiger partial charge is 0.496 e. The molecule has 10 nitrogen and oxygen atoms in total. The molecule has 186 valence electrons. The van der Waals surface area contributed by atoms with Crippen LogP contribution in [0.2, 0.25) is 0 Å². The fraction of sp³-hybridized carbons (Fsp3) is 0.333. The molecule has 2 aromatic carbocycles. The number of ether oxygens (including phenoxy) is 2. The molecular formula is C24H28N4O6S. The zero-order valence-corrected chi connectivity index (χ0v) is 20.4. The Labute approximate surface area is 203 Å². The van der Waals surface area contributed by atoms with Gasteiger partial charge in [-0.1, -0.05) is 23.9 Å². The first-order valence-corrected chi connectivity index (χ1v) is 12.5. The number of nitrogens with two attached hydrogens (primary N) is 1. The molecule has 1 saturated heterocycles. The van der Waals surface area contributed by atoms with Gasteiger partial charge in [0.25, 0.3) is 10.0 Å². The summed E-state index contributed by atoms with van der Waals surface area (Å²) >= 11 is 0.